The molecule has 5 nitrogen and oxygen atoms in total. The molecule has 0 saturated carbocycles. The average Bonchev–Trinajstić information content (AvgIpc) is 3.06. The van der Waals surface area contributed by atoms with Crippen molar-refractivity contribution in [2.75, 3.05) is 17.2 Å². The first-order valence-corrected chi connectivity index (χ1v) is 9.34. The third kappa shape index (κ3) is 5.28. The van der Waals surface area contributed by atoms with Crippen molar-refractivity contribution in [1.29, 1.82) is 0 Å². The summed E-state index contributed by atoms with van der Waals surface area (Å²) in [5.74, 6) is -0.457. The third-order valence-electron chi connectivity index (χ3n) is 4.74. The Morgan fingerprint density at radius 2 is 1.93 bits per heavy atom. The second kappa shape index (κ2) is 8.55. The topological polar surface area (TPSA) is 61.4 Å². The number of nitrogens with one attached hydrogen (secondary N) is 2. The zero-order chi connectivity index (χ0) is 21.0. The van der Waals surface area contributed by atoms with Gasteiger partial charge in [-0.15, -0.1) is 0 Å². The van der Waals surface area contributed by atoms with E-state index >= 15 is 0 Å². The van der Waals surface area contributed by atoms with Gasteiger partial charge in [0.25, 0.3) is 0 Å². The lowest BCUT2D eigenvalue weighted by molar-refractivity contribution is -0.137. The molecule has 1 atom stereocenters. The first-order valence-electron chi connectivity index (χ1n) is 9.34. The van der Waals surface area contributed by atoms with E-state index in [2.05, 4.69) is 10.6 Å². The molecule has 154 valence electrons. The molecule has 29 heavy (non-hydrogen) atoms. The molecule has 1 fully saturated rings. The fourth-order valence-corrected chi connectivity index (χ4v) is 3.25. The second-order valence-corrected chi connectivity index (χ2v) is 7.02. The van der Waals surface area contributed by atoms with E-state index in [9.17, 15) is 22.8 Å². The lowest BCUT2D eigenvalue weighted by atomic mass is 10.1. The van der Waals surface area contributed by atoms with Gasteiger partial charge in [0.1, 0.15) is 6.04 Å². The van der Waals surface area contributed by atoms with Crippen LogP contribution in [0.15, 0.2) is 48.5 Å². The fourth-order valence-electron chi connectivity index (χ4n) is 3.25. The van der Waals surface area contributed by atoms with Gasteiger partial charge in [-0.2, -0.15) is 13.2 Å². The Bertz CT molecular complexity index is 899. The highest BCUT2D eigenvalue weighted by atomic mass is 19.4. The van der Waals surface area contributed by atoms with Gasteiger partial charge >= 0.3 is 6.18 Å². The molecule has 2 aromatic carbocycles. The van der Waals surface area contributed by atoms with E-state index in [1.165, 1.54) is 18.2 Å². The van der Waals surface area contributed by atoms with Gasteiger partial charge in [0.2, 0.25) is 11.8 Å². The highest BCUT2D eigenvalue weighted by molar-refractivity contribution is 5.97. The minimum Gasteiger partial charge on any atom is -0.374 e. The van der Waals surface area contributed by atoms with Crippen LogP contribution in [-0.2, 0) is 22.3 Å². The molecule has 0 bridgehead atoms. The molecule has 1 aliphatic heterocycles. The zero-order valence-electron chi connectivity index (χ0n) is 15.9. The first-order chi connectivity index (χ1) is 13.7. The molecule has 0 radical (unpaired) electrons. The smallest absolute Gasteiger partial charge is 0.374 e. The van der Waals surface area contributed by atoms with Gasteiger partial charge in [0.05, 0.1) is 11.3 Å². The van der Waals surface area contributed by atoms with Crippen LogP contribution in [-0.4, -0.2) is 29.3 Å². The van der Waals surface area contributed by atoms with Crippen molar-refractivity contribution in [3.05, 3.63) is 59.7 Å². The maximum atomic E-state index is 13.1. The minimum absolute atomic E-state index is 0.124. The quantitative estimate of drug-likeness (QED) is 0.755. The van der Waals surface area contributed by atoms with Gasteiger partial charge in [-0.25, -0.2) is 0 Å². The van der Waals surface area contributed by atoms with E-state index < -0.39 is 23.7 Å². The van der Waals surface area contributed by atoms with Crippen LogP contribution in [0.2, 0.25) is 0 Å². The second-order valence-electron chi connectivity index (χ2n) is 7.02. The fraction of sp³-hybridized carbons (Fsp3) is 0.333. The van der Waals surface area contributed by atoms with Gasteiger partial charge in [0, 0.05) is 25.2 Å². The van der Waals surface area contributed by atoms with Crippen molar-refractivity contribution < 1.29 is 22.8 Å². The first kappa shape index (κ1) is 20.7. The van der Waals surface area contributed by atoms with Crippen LogP contribution in [0.25, 0.3) is 0 Å². The molecule has 0 aliphatic carbocycles. The van der Waals surface area contributed by atoms with Crippen molar-refractivity contribution in [3.8, 4) is 0 Å². The Balaban J connectivity index is 1.65. The number of carbonyl (C=O) groups excluding carboxylic acids is 2. The van der Waals surface area contributed by atoms with Crippen LogP contribution in [0.5, 0.6) is 0 Å². The molecule has 1 saturated heterocycles. The summed E-state index contributed by atoms with van der Waals surface area (Å²) in [6.07, 6.45) is -3.14. The Labute approximate surface area is 166 Å². The number of benzene rings is 2. The number of amides is 2. The summed E-state index contributed by atoms with van der Waals surface area (Å²) in [6, 6.07) is 11.4. The van der Waals surface area contributed by atoms with Crippen LogP contribution >= 0.6 is 0 Å². The summed E-state index contributed by atoms with van der Waals surface area (Å²) >= 11 is 0. The van der Waals surface area contributed by atoms with Gasteiger partial charge in [-0.05, 0) is 43.2 Å². The van der Waals surface area contributed by atoms with Crippen molar-refractivity contribution in [1.82, 2.24) is 4.90 Å². The number of rotatable bonds is 6. The number of carbonyl (C=O) groups is 2. The number of halogens is 3. The normalized spacial score (nSPS) is 15.3. The van der Waals surface area contributed by atoms with E-state index in [1.807, 2.05) is 18.2 Å². The minimum atomic E-state index is -4.55. The molecule has 2 N–H and O–H groups in total. The SMILES string of the molecule is CC(Nc1cccc(CN2CCCC2=O)c1)C(=O)Nc1ccccc1C(F)(F)F. The molecule has 8 heteroatoms. The highest BCUT2D eigenvalue weighted by Crippen LogP contribution is 2.34. The van der Waals surface area contributed by atoms with Gasteiger partial charge < -0.3 is 15.5 Å². The van der Waals surface area contributed by atoms with Crippen LogP contribution < -0.4 is 10.6 Å². The van der Waals surface area contributed by atoms with Crippen LogP contribution in [0, 0.1) is 0 Å². The summed E-state index contributed by atoms with van der Waals surface area (Å²) < 4.78 is 39.3. The summed E-state index contributed by atoms with van der Waals surface area (Å²) in [5, 5.41) is 5.34. The van der Waals surface area contributed by atoms with Gasteiger partial charge in [-0.3, -0.25) is 9.59 Å². The molecular formula is C21H22F3N3O2. The Morgan fingerprint density at radius 3 is 2.62 bits per heavy atom. The number of hydrogen-bond donors (Lipinski definition) is 2. The van der Waals surface area contributed by atoms with Crippen molar-refractivity contribution in [2.45, 2.75) is 38.5 Å². The van der Waals surface area contributed by atoms with Crippen molar-refractivity contribution >= 4 is 23.2 Å². The average molecular weight is 405 g/mol. The molecule has 1 aliphatic rings. The van der Waals surface area contributed by atoms with E-state index in [0.29, 0.717) is 18.7 Å². The summed E-state index contributed by atoms with van der Waals surface area (Å²) in [4.78, 5) is 26.0. The number of alkyl halides is 3. The number of hydrogen-bond acceptors (Lipinski definition) is 3. The number of para-hydroxylation sites is 1. The Kier molecular flexibility index (Phi) is 6.10. The van der Waals surface area contributed by atoms with Crippen molar-refractivity contribution in [3.63, 3.8) is 0 Å². The van der Waals surface area contributed by atoms with E-state index in [1.54, 1.807) is 17.9 Å². The number of likely N-dealkylation sites (tertiary alicyclic amines) is 1. The highest BCUT2D eigenvalue weighted by Gasteiger charge is 2.33. The maximum absolute atomic E-state index is 13.1. The van der Waals surface area contributed by atoms with Crippen LogP contribution in [0.4, 0.5) is 24.5 Å². The zero-order valence-corrected chi connectivity index (χ0v) is 15.9. The largest absolute Gasteiger partial charge is 0.418 e. The van der Waals surface area contributed by atoms with Crippen LogP contribution in [0.3, 0.4) is 0 Å². The molecule has 2 aromatic rings. The monoisotopic (exact) mass is 405 g/mol. The molecule has 2 amide bonds. The predicted octanol–water partition coefficient (Wildman–Crippen LogP) is 4.27. The van der Waals surface area contributed by atoms with Crippen molar-refractivity contribution in [2.24, 2.45) is 0 Å². The molecule has 0 spiro atoms. The molecule has 1 unspecified atom stereocenters. The molecule has 1 heterocycles. The third-order valence-corrected chi connectivity index (χ3v) is 4.74. The van der Waals surface area contributed by atoms with Gasteiger partial charge in [0.15, 0.2) is 0 Å². The van der Waals surface area contributed by atoms with E-state index in [-0.39, 0.29) is 11.6 Å². The molecule has 0 aromatic heterocycles. The molecule has 3 rings (SSSR count). The van der Waals surface area contributed by atoms with E-state index in [4.69, 9.17) is 0 Å². The van der Waals surface area contributed by atoms with Gasteiger partial charge in [-0.1, -0.05) is 24.3 Å². The Morgan fingerprint density at radius 1 is 1.17 bits per heavy atom. The summed E-state index contributed by atoms with van der Waals surface area (Å²) in [6.45, 7) is 2.80. The van der Waals surface area contributed by atoms with Crippen LogP contribution in [0.1, 0.15) is 30.9 Å². The summed E-state index contributed by atoms with van der Waals surface area (Å²) in [5.41, 5.74) is 0.402. The number of anilines is 2. The number of nitrogens with zero attached hydrogens (tertiary/aromatic N) is 1. The summed E-state index contributed by atoms with van der Waals surface area (Å²) in [7, 11) is 0. The molecular weight excluding hydrogens is 383 g/mol. The lowest BCUT2D eigenvalue weighted by Gasteiger charge is -2.19. The van der Waals surface area contributed by atoms with E-state index in [0.717, 1.165) is 24.6 Å². The standard InChI is InChI=1S/C21H22F3N3O2/c1-14(20(29)26-18-9-3-2-8-17(18)21(22,23)24)25-16-7-4-6-15(12-16)13-27-11-5-10-19(27)28/h2-4,6-9,12,14,25H,5,10-11,13H2,1H3,(H,26,29). The Hall–Kier alpha value is -3.03. The maximum Gasteiger partial charge on any atom is 0.418 e. The predicted molar refractivity (Wildman–Crippen MR) is 104 cm³/mol. The lowest BCUT2D eigenvalue weighted by Crippen LogP contribution is -2.32.